The third kappa shape index (κ3) is 6.28. The topological polar surface area (TPSA) is 73.9 Å². The SMILES string of the molecule is COC(=O)/C=C(/Nc1cc(F)ccc1OCC(C)(C)C)C(=O)OC. The Labute approximate surface area is 140 Å². The number of ether oxygens (including phenoxy) is 3. The summed E-state index contributed by atoms with van der Waals surface area (Å²) in [5, 5.41) is 2.66. The van der Waals surface area contributed by atoms with Crippen molar-refractivity contribution < 1.29 is 28.2 Å². The molecule has 0 saturated heterocycles. The molecule has 0 unspecified atom stereocenters. The van der Waals surface area contributed by atoms with Crippen molar-refractivity contribution in [3.05, 3.63) is 35.8 Å². The van der Waals surface area contributed by atoms with Gasteiger partial charge < -0.3 is 19.5 Å². The van der Waals surface area contributed by atoms with E-state index in [1.807, 2.05) is 20.8 Å². The molecule has 0 aliphatic rings. The van der Waals surface area contributed by atoms with Crippen LogP contribution in [-0.4, -0.2) is 32.8 Å². The first kappa shape index (κ1) is 19.5. The van der Waals surface area contributed by atoms with Crippen molar-refractivity contribution in [3.63, 3.8) is 0 Å². The van der Waals surface area contributed by atoms with E-state index in [2.05, 4.69) is 14.8 Å². The van der Waals surface area contributed by atoms with Gasteiger partial charge in [-0.25, -0.2) is 14.0 Å². The molecule has 1 N–H and O–H groups in total. The quantitative estimate of drug-likeness (QED) is 0.634. The molecule has 0 aromatic heterocycles. The smallest absolute Gasteiger partial charge is 0.354 e. The summed E-state index contributed by atoms with van der Waals surface area (Å²) in [5.41, 5.74) is -0.117. The Kier molecular flexibility index (Phi) is 6.76. The van der Waals surface area contributed by atoms with Gasteiger partial charge in [-0.05, 0) is 17.5 Å². The summed E-state index contributed by atoms with van der Waals surface area (Å²) in [6, 6.07) is 3.84. The fourth-order valence-electron chi connectivity index (χ4n) is 1.60. The molecule has 1 rings (SSSR count). The largest absolute Gasteiger partial charge is 0.491 e. The van der Waals surface area contributed by atoms with Crippen molar-refractivity contribution in [2.24, 2.45) is 5.41 Å². The average molecular weight is 339 g/mol. The molecule has 6 nitrogen and oxygen atoms in total. The first-order chi connectivity index (χ1) is 11.2. The van der Waals surface area contributed by atoms with Gasteiger partial charge in [-0.1, -0.05) is 20.8 Å². The molecule has 0 saturated carbocycles. The Morgan fingerprint density at radius 2 is 1.88 bits per heavy atom. The molecule has 0 spiro atoms. The van der Waals surface area contributed by atoms with E-state index in [9.17, 15) is 14.0 Å². The molecular formula is C17H22FNO5. The lowest BCUT2D eigenvalue weighted by Gasteiger charge is -2.21. The lowest BCUT2D eigenvalue weighted by Crippen LogP contribution is -2.19. The van der Waals surface area contributed by atoms with Gasteiger partial charge >= 0.3 is 11.9 Å². The van der Waals surface area contributed by atoms with Crippen LogP contribution in [0.2, 0.25) is 0 Å². The number of halogens is 1. The summed E-state index contributed by atoms with van der Waals surface area (Å²) >= 11 is 0. The summed E-state index contributed by atoms with van der Waals surface area (Å²) in [6.45, 7) is 6.34. The molecule has 1 aromatic carbocycles. The van der Waals surface area contributed by atoms with Gasteiger partial charge in [0.25, 0.3) is 0 Å². The van der Waals surface area contributed by atoms with Gasteiger partial charge in [0.05, 0.1) is 32.6 Å². The molecule has 1 aromatic rings. The Balaban J connectivity index is 3.13. The average Bonchev–Trinajstić information content (AvgIpc) is 2.51. The number of carbonyl (C=O) groups is 2. The summed E-state index contributed by atoms with van der Waals surface area (Å²) in [5.74, 6) is -1.74. The summed E-state index contributed by atoms with van der Waals surface area (Å²) in [6.07, 6.45) is 0.921. The molecule has 0 atom stereocenters. The maximum Gasteiger partial charge on any atom is 0.354 e. The minimum atomic E-state index is -0.800. The Bertz CT molecular complexity index is 634. The van der Waals surface area contributed by atoms with Crippen molar-refractivity contribution in [3.8, 4) is 5.75 Å². The van der Waals surface area contributed by atoms with E-state index in [0.29, 0.717) is 12.4 Å². The second-order valence-corrected chi connectivity index (χ2v) is 6.19. The number of hydrogen-bond acceptors (Lipinski definition) is 6. The zero-order chi connectivity index (χ0) is 18.3. The van der Waals surface area contributed by atoms with Gasteiger partial charge in [-0.3, -0.25) is 0 Å². The van der Waals surface area contributed by atoms with Crippen LogP contribution in [0, 0.1) is 11.2 Å². The normalized spacial score (nSPS) is 11.7. The minimum absolute atomic E-state index is 0.112. The van der Waals surface area contributed by atoms with E-state index < -0.39 is 17.8 Å². The van der Waals surface area contributed by atoms with Crippen molar-refractivity contribution in [1.29, 1.82) is 0 Å². The minimum Gasteiger partial charge on any atom is -0.491 e. The zero-order valence-electron chi connectivity index (χ0n) is 14.4. The second-order valence-electron chi connectivity index (χ2n) is 6.19. The second kappa shape index (κ2) is 8.33. The molecule has 0 radical (unpaired) electrons. The molecule has 24 heavy (non-hydrogen) atoms. The predicted molar refractivity (Wildman–Crippen MR) is 87.1 cm³/mol. The number of rotatable bonds is 6. The monoisotopic (exact) mass is 339 g/mol. The molecule has 7 heteroatoms. The van der Waals surface area contributed by atoms with Crippen LogP contribution in [0.5, 0.6) is 5.75 Å². The van der Waals surface area contributed by atoms with Crippen LogP contribution in [0.1, 0.15) is 20.8 Å². The Morgan fingerprint density at radius 1 is 1.21 bits per heavy atom. The van der Waals surface area contributed by atoms with Crippen LogP contribution in [0.3, 0.4) is 0 Å². The van der Waals surface area contributed by atoms with E-state index in [1.165, 1.54) is 19.2 Å². The van der Waals surface area contributed by atoms with E-state index in [1.54, 1.807) is 0 Å². The zero-order valence-corrected chi connectivity index (χ0v) is 14.4. The van der Waals surface area contributed by atoms with Crippen LogP contribution in [-0.2, 0) is 19.1 Å². The molecule has 0 aliphatic carbocycles. The number of hydrogen-bond donors (Lipinski definition) is 1. The Morgan fingerprint density at radius 3 is 2.42 bits per heavy atom. The Hall–Kier alpha value is -2.57. The number of esters is 2. The van der Waals surface area contributed by atoms with Crippen molar-refractivity contribution in [1.82, 2.24) is 0 Å². The summed E-state index contributed by atoms with van der Waals surface area (Å²) in [7, 11) is 2.34. The lowest BCUT2D eigenvalue weighted by atomic mass is 9.99. The van der Waals surface area contributed by atoms with Crippen molar-refractivity contribution in [2.45, 2.75) is 20.8 Å². The van der Waals surface area contributed by atoms with Gasteiger partial charge in [-0.2, -0.15) is 0 Å². The van der Waals surface area contributed by atoms with Crippen molar-refractivity contribution >= 4 is 17.6 Å². The molecule has 0 amide bonds. The summed E-state index contributed by atoms with van der Waals surface area (Å²) in [4.78, 5) is 23.2. The molecule has 0 aliphatic heterocycles. The van der Waals surface area contributed by atoms with Crippen LogP contribution in [0.25, 0.3) is 0 Å². The van der Waals surface area contributed by atoms with Crippen molar-refractivity contribution in [2.75, 3.05) is 26.1 Å². The number of nitrogens with one attached hydrogen (secondary N) is 1. The molecule has 0 bridgehead atoms. The highest BCUT2D eigenvalue weighted by Gasteiger charge is 2.17. The number of carbonyl (C=O) groups excluding carboxylic acids is 2. The first-order valence-electron chi connectivity index (χ1n) is 7.23. The third-order valence-electron chi connectivity index (χ3n) is 2.74. The van der Waals surface area contributed by atoms with Gasteiger partial charge in [-0.15, -0.1) is 0 Å². The number of benzene rings is 1. The molecular weight excluding hydrogens is 317 g/mol. The number of methoxy groups -OCH3 is 2. The highest BCUT2D eigenvalue weighted by Crippen LogP contribution is 2.28. The van der Waals surface area contributed by atoms with Crippen LogP contribution in [0.15, 0.2) is 30.0 Å². The lowest BCUT2D eigenvalue weighted by molar-refractivity contribution is -0.138. The highest BCUT2D eigenvalue weighted by molar-refractivity contribution is 5.99. The first-order valence-corrected chi connectivity index (χ1v) is 7.23. The van der Waals surface area contributed by atoms with Crippen LogP contribution >= 0.6 is 0 Å². The van der Waals surface area contributed by atoms with Crippen LogP contribution < -0.4 is 10.1 Å². The third-order valence-corrected chi connectivity index (χ3v) is 2.74. The fraction of sp³-hybridized carbons (Fsp3) is 0.412. The van der Waals surface area contributed by atoms with Crippen LogP contribution in [0.4, 0.5) is 10.1 Å². The molecule has 0 fully saturated rings. The van der Waals surface area contributed by atoms with E-state index >= 15 is 0 Å². The maximum atomic E-state index is 13.6. The van der Waals surface area contributed by atoms with Gasteiger partial charge in [0, 0.05) is 6.07 Å². The highest BCUT2D eigenvalue weighted by atomic mass is 19.1. The molecule has 0 heterocycles. The van der Waals surface area contributed by atoms with Gasteiger partial charge in [0.1, 0.15) is 17.3 Å². The fourth-order valence-corrected chi connectivity index (χ4v) is 1.60. The maximum absolute atomic E-state index is 13.6. The van der Waals surface area contributed by atoms with E-state index in [-0.39, 0.29) is 16.8 Å². The van der Waals surface area contributed by atoms with E-state index in [0.717, 1.165) is 19.3 Å². The van der Waals surface area contributed by atoms with Gasteiger partial charge in [0.15, 0.2) is 0 Å². The number of anilines is 1. The van der Waals surface area contributed by atoms with Gasteiger partial charge in [0.2, 0.25) is 0 Å². The summed E-state index contributed by atoms with van der Waals surface area (Å²) < 4.78 is 28.3. The molecule has 132 valence electrons. The predicted octanol–water partition coefficient (Wildman–Crippen LogP) is 2.89. The van der Waals surface area contributed by atoms with E-state index in [4.69, 9.17) is 4.74 Å². The standard InChI is InChI=1S/C17H22FNO5/c1-17(2,3)10-24-14-7-6-11(18)8-12(14)19-13(16(21)23-5)9-15(20)22-4/h6-9,19H,10H2,1-5H3/b13-9+.